The van der Waals surface area contributed by atoms with Gasteiger partial charge in [-0.25, -0.2) is 4.99 Å². The third-order valence-electron chi connectivity index (χ3n) is 2.96. The fraction of sp³-hybridized carbons (Fsp3) is 0. The molecule has 3 rings (SSSR count). The SMILES string of the molecule is O=[N+]([O-])/C=C1\SC(=Nc2ccc(Br)cc2)N1c1ccc(Br)cc1. The second-order valence-corrected chi connectivity index (χ2v) is 7.36. The molecule has 0 aliphatic carbocycles. The van der Waals surface area contributed by atoms with Gasteiger partial charge in [-0.3, -0.25) is 15.0 Å². The van der Waals surface area contributed by atoms with Crippen LogP contribution < -0.4 is 4.90 Å². The van der Waals surface area contributed by atoms with Crippen LogP contribution in [0.15, 0.2) is 73.7 Å². The van der Waals surface area contributed by atoms with E-state index in [1.807, 2.05) is 48.5 Å². The van der Waals surface area contributed by atoms with Gasteiger partial charge < -0.3 is 0 Å². The van der Waals surface area contributed by atoms with Crippen LogP contribution in [0.1, 0.15) is 0 Å². The molecular weight excluding hydrogens is 446 g/mol. The zero-order valence-corrected chi connectivity index (χ0v) is 15.5. The van der Waals surface area contributed by atoms with Crippen molar-refractivity contribution >= 4 is 60.2 Å². The molecule has 1 saturated heterocycles. The van der Waals surface area contributed by atoms with Gasteiger partial charge in [-0.05, 0) is 60.3 Å². The van der Waals surface area contributed by atoms with Crippen molar-refractivity contribution in [3.8, 4) is 0 Å². The number of nitrogens with zero attached hydrogens (tertiary/aromatic N) is 3. The molecule has 0 bridgehead atoms. The number of amidine groups is 1. The standard InChI is InChI=1S/C15H9Br2N3O2S/c16-10-1-5-12(6-2-10)18-15-20(14(23-15)9-19(21)22)13-7-3-11(17)4-8-13/h1-9H/b14-9-,18-15?. The molecule has 5 nitrogen and oxygen atoms in total. The summed E-state index contributed by atoms with van der Waals surface area (Å²) in [5.74, 6) is 0. The third-order valence-corrected chi connectivity index (χ3v) is 4.97. The van der Waals surface area contributed by atoms with Gasteiger partial charge in [-0.15, -0.1) is 0 Å². The highest BCUT2D eigenvalue weighted by molar-refractivity contribution is 9.10. The number of anilines is 1. The van der Waals surface area contributed by atoms with Crippen LogP contribution in [0.3, 0.4) is 0 Å². The van der Waals surface area contributed by atoms with Crippen LogP contribution in [0.2, 0.25) is 0 Å². The Balaban J connectivity index is 1.95. The first-order chi connectivity index (χ1) is 11.0. The highest BCUT2D eigenvalue weighted by Gasteiger charge is 2.34. The predicted octanol–water partition coefficient (Wildman–Crippen LogP) is 5.53. The summed E-state index contributed by atoms with van der Waals surface area (Å²) < 4.78 is 1.92. The number of aliphatic imine (C=N–C) groups is 1. The van der Waals surface area contributed by atoms with Crippen molar-refractivity contribution in [3.63, 3.8) is 0 Å². The summed E-state index contributed by atoms with van der Waals surface area (Å²) in [5, 5.41) is 12.0. The number of thioether (sulfide) groups is 1. The van der Waals surface area contributed by atoms with E-state index in [-0.39, 0.29) is 0 Å². The number of halogens is 2. The zero-order chi connectivity index (χ0) is 16.4. The molecule has 0 unspecified atom stereocenters. The lowest BCUT2D eigenvalue weighted by Crippen LogP contribution is -2.36. The number of hydrogen-bond donors (Lipinski definition) is 0. The van der Waals surface area contributed by atoms with Gasteiger partial charge in [-0.1, -0.05) is 31.9 Å². The molecule has 2 aromatic rings. The molecule has 23 heavy (non-hydrogen) atoms. The van der Waals surface area contributed by atoms with E-state index >= 15 is 0 Å². The summed E-state index contributed by atoms with van der Waals surface area (Å²) in [6.45, 7) is 0. The number of nitro groups is 1. The molecule has 2 aromatic carbocycles. The van der Waals surface area contributed by atoms with Crippen LogP contribution in [-0.4, -0.2) is 10.1 Å². The molecule has 1 aliphatic rings. The van der Waals surface area contributed by atoms with Crippen LogP contribution in [0.5, 0.6) is 0 Å². The quantitative estimate of drug-likeness (QED) is 0.452. The maximum absolute atomic E-state index is 10.8. The van der Waals surface area contributed by atoms with Gasteiger partial charge in [0.2, 0.25) is 0 Å². The molecule has 0 saturated carbocycles. The van der Waals surface area contributed by atoms with Crippen LogP contribution in [-0.2, 0) is 0 Å². The third kappa shape index (κ3) is 3.82. The largest absolute Gasteiger partial charge is 0.278 e. The Hall–Kier alpha value is -1.64. The Kier molecular flexibility index (Phi) is 4.84. The van der Waals surface area contributed by atoms with Gasteiger partial charge in [0.1, 0.15) is 0 Å². The van der Waals surface area contributed by atoms with Crippen molar-refractivity contribution in [2.24, 2.45) is 4.99 Å². The highest BCUT2D eigenvalue weighted by Crippen LogP contribution is 2.42. The molecular formula is C15H9Br2N3O2S. The van der Waals surface area contributed by atoms with Crippen molar-refractivity contribution in [1.29, 1.82) is 0 Å². The summed E-state index contributed by atoms with van der Waals surface area (Å²) in [4.78, 5) is 16.6. The first kappa shape index (κ1) is 16.2. The molecule has 0 spiro atoms. The fourth-order valence-electron chi connectivity index (χ4n) is 1.94. The molecule has 116 valence electrons. The average Bonchev–Trinajstić information content (AvgIpc) is 2.50. The molecule has 0 radical (unpaired) electrons. The van der Waals surface area contributed by atoms with Crippen molar-refractivity contribution in [2.75, 3.05) is 4.90 Å². The summed E-state index contributed by atoms with van der Waals surface area (Å²) in [7, 11) is 0. The van der Waals surface area contributed by atoms with E-state index in [4.69, 9.17) is 0 Å². The van der Waals surface area contributed by atoms with Gasteiger partial charge >= 0.3 is 0 Å². The van der Waals surface area contributed by atoms with Gasteiger partial charge in [0.15, 0.2) is 10.2 Å². The molecule has 1 fully saturated rings. The van der Waals surface area contributed by atoms with Gasteiger partial charge in [0.05, 0.1) is 10.6 Å². The lowest BCUT2D eigenvalue weighted by molar-refractivity contribution is -0.402. The molecule has 0 N–H and O–H groups in total. The number of benzene rings is 2. The van der Waals surface area contributed by atoms with E-state index in [0.717, 1.165) is 26.5 Å². The van der Waals surface area contributed by atoms with Crippen molar-refractivity contribution in [2.45, 2.75) is 0 Å². The Bertz CT molecular complexity index is 804. The highest BCUT2D eigenvalue weighted by atomic mass is 79.9. The van der Waals surface area contributed by atoms with Crippen LogP contribution in [0.25, 0.3) is 0 Å². The van der Waals surface area contributed by atoms with E-state index in [1.165, 1.54) is 11.8 Å². The monoisotopic (exact) mass is 453 g/mol. The first-order valence-electron chi connectivity index (χ1n) is 6.46. The summed E-state index contributed by atoms with van der Waals surface area (Å²) in [6.07, 6.45) is 0.993. The Morgan fingerprint density at radius 3 is 2.17 bits per heavy atom. The fourth-order valence-corrected chi connectivity index (χ4v) is 3.39. The maximum atomic E-state index is 10.8. The average molecular weight is 455 g/mol. The topological polar surface area (TPSA) is 58.7 Å². The Morgan fingerprint density at radius 1 is 1.04 bits per heavy atom. The molecule has 0 aromatic heterocycles. The minimum atomic E-state index is -0.454. The molecule has 8 heteroatoms. The zero-order valence-electron chi connectivity index (χ0n) is 11.5. The minimum absolute atomic E-state index is 0.454. The van der Waals surface area contributed by atoms with Gasteiger partial charge in [0.25, 0.3) is 6.20 Å². The van der Waals surface area contributed by atoms with E-state index < -0.39 is 4.92 Å². The molecule has 0 atom stereocenters. The molecule has 1 aliphatic heterocycles. The van der Waals surface area contributed by atoms with E-state index in [2.05, 4.69) is 36.9 Å². The van der Waals surface area contributed by atoms with E-state index in [1.54, 1.807) is 4.90 Å². The maximum Gasteiger partial charge on any atom is 0.265 e. The summed E-state index contributed by atoms with van der Waals surface area (Å²) in [5.41, 5.74) is 1.62. The number of hydrogen-bond acceptors (Lipinski definition) is 4. The van der Waals surface area contributed by atoms with Crippen LogP contribution >= 0.6 is 43.6 Å². The van der Waals surface area contributed by atoms with Crippen molar-refractivity contribution in [3.05, 3.63) is 78.8 Å². The normalized spacial score (nSPS) is 17.4. The van der Waals surface area contributed by atoms with Gasteiger partial charge in [-0.2, -0.15) is 0 Å². The lowest BCUT2D eigenvalue weighted by Gasteiger charge is -2.34. The smallest absolute Gasteiger partial charge is 0.265 e. The lowest BCUT2D eigenvalue weighted by atomic mass is 10.3. The van der Waals surface area contributed by atoms with Crippen molar-refractivity contribution in [1.82, 2.24) is 0 Å². The first-order valence-corrected chi connectivity index (χ1v) is 8.86. The van der Waals surface area contributed by atoms with Crippen LogP contribution in [0.4, 0.5) is 11.4 Å². The Morgan fingerprint density at radius 2 is 1.61 bits per heavy atom. The molecule has 0 amide bonds. The van der Waals surface area contributed by atoms with Crippen LogP contribution in [0, 0.1) is 10.1 Å². The summed E-state index contributed by atoms with van der Waals surface area (Å²) >= 11 is 8.05. The second kappa shape index (κ2) is 6.86. The second-order valence-electron chi connectivity index (χ2n) is 4.54. The molecule has 1 heterocycles. The Labute approximate surface area is 153 Å². The van der Waals surface area contributed by atoms with Gasteiger partial charge in [0, 0.05) is 14.6 Å². The van der Waals surface area contributed by atoms with E-state index in [9.17, 15) is 10.1 Å². The number of rotatable bonds is 3. The predicted molar refractivity (Wildman–Crippen MR) is 101 cm³/mol. The minimum Gasteiger partial charge on any atom is -0.278 e. The van der Waals surface area contributed by atoms with Crippen molar-refractivity contribution < 1.29 is 4.92 Å². The summed E-state index contributed by atoms with van der Waals surface area (Å²) in [6, 6.07) is 15.1. The van der Waals surface area contributed by atoms with E-state index in [0.29, 0.717) is 10.2 Å².